The van der Waals surface area contributed by atoms with Gasteiger partial charge in [-0.15, -0.1) is 0 Å². The van der Waals surface area contributed by atoms with Crippen molar-refractivity contribution in [2.24, 2.45) is 0 Å². The van der Waals surface area contributed by atoms with Gasteiger partial charge in [-0.25, -0.2) is 0 Å². The molecule has 112 valence electrons. The van der Waals surface area contributed by atoms with E-state index in [1.165, 1.54) is 39.0 Å². The fourth-order valence-electron chi connectivity index (χ4n) is 1.90. The number of unbranched alkanes of at least 4 members (excludes halogenated alkanes) is 5. The molecule has 0 radical (unpaired) electrons. The van der Waals surface area contributed by atoms with E-state index < -0.39 is 12.4 Å². The van der Waals surface area contributed by atoms with Gasteiger partial charge in [-0.05, 0) is 6.42 Å². The molecule has 0 bridgehead atoms. The molecular weight excluding hydrogens is 248 g/mol. The Bertz CT molecular complexity index is 236. The van der Waals surface area contributed by atoms with Gasteiger partial charge in [0.2, 0.25) is 0 Å². The van der Waals surface area contributed by atoms with Gasteiger partial charge in [-0.3, -0.25) is 4.79 Å². The topological polar surface area (TPSA) is 54.0 Å². The minimum Gasteiger partial charge on any atom is -0.410 e. The van der Waals surface area contributed by atoms with Gasteiger partial charge >= 0.3 is 12.4 Å². The van der Waals surface area contributed by atoms with Crippen molar-refractivity contribution in [1.29, 1.82) is 0 Å². The van der Waals surface area contributed by atoms with Crippen molar-refractivity contribution in [3.63, 3.8) is 0 Å². The quantitative estimate of drug-likeness (QED) is 0.478. The maximum absolute atomic E-state index is 10.7. The first-order valence-electron chi connectivity index (χ1n) is 7.24. The fourth-order valence-corrected chi connectivity index (χ4v) is 1.90. The highest BCUT2D eigenvalue weighted by molar-refractivity contribution is 5.65. The summed E-state index contributed by atoms with van der Waals surface area (Å²) in [6.07, 6.45) is 7.43. The summed E-state index contributed by atoms with van der Waals surface area (Å²) in [7, 11) is 0. The van der Waals surface area contributed by atoms with Crippen molar-refractivity contribution >= 4 is 5.97 Å². The lowest BCUT2D eigenvalue weighted by Crippen LogP contribution is -2.39. The van der Waals surface area contributed by atoms with E-state index in [0.717, 1.165) is 13.0 Å². The van der Waals surface area contributed by atoms with Gasteiger partial charge in [0.25, 0.3) is 0 Å². The highest BCUT2D eigenvalue weighted by Crippen LogP contribution is 2.11. The Morgan fingerprint density at radius 2 is 1.74 bits per heavy atom. The molecule has 1 aliphatic heterocycles. The van der Waals surface area contributed by atoms with Gasteiger partial charge in [0, 0.05) is 13.5 Å². The molecule has 0 N–H and O–H groups in total. The predicted octanol–water partition coefficient (Wildman–Crippen LogP) is 2.63. The lowest BCUT2D eigenvalue weighted by molar-refractivity contribution is -0.318. The lowest BCUT2D eigenvalue weighted by Gasteiger charge is -2.28. The summed E-state index contributed by atoms with van der Waals surface area (Å²) in [5, 5.41) is 0. The third kappa shape index (κ3) is 8.18. The third-order valence-corrected chi connectivity index (χ3v) is 2.95. The summed E-state index contributed by atoms with van der Waals surface area (Å²) in [6.45, 7) is 4.23. The first-order valence-corrected chi connectivity index (χ1v) is 7.24. The lowest BCUT2D eigenvalue weighted by atomic mass is 10.1. The van der Waals surface area contributed by atoms with E-state index in [1.54, 1.807) is 0 Å². The zero-order valence-electron chi connectivity index (χ0n) is 12.1. The highest BCUT2D eigenvalue weighted by atomic mass is 16.9. The molecule has 0 aromatic rings. The van der Waals surface area contributed by atoms with Crippen LogP contribution in [0.3, 0.4) is 0 Å². The van der Waals surface area contributed by atoms with Crippen LogP contribution in [0, 0.1) is 0 Å². The Hall–Kier alpha value is -0.650. The minimum absolute atomic E-state index is 0.0533. The molecule has 0 atom stereocenters. The van der Waals surface area contributed by atoms with E-state index in [-0.39, 0.29) is 6.10 Å². The second-order valence-corrected chi connectivity index (χ2v) is 4.83. The molecule has 0 aromatic heterocycles. The summed E-state index contributed by atoms with van der Waals surface area (Å²) in [4.78, 5) is 10.7. The van der Waals surface area contributed by atoms with Crippen molar-refractivity contribution in [1.82, 2.24) is 0 Å². The van der Waals surface area contributed by atoms with Gasteiger partial charge in [-0.2, -0.15) is 0 Å². The number of carbonyl (C=O) groups is 1. The first-order chi connectivity index (χ1) is 9.22. The Morgan fingerprint density at radius 3 is 2.37 bits per heavy atom. The molecule has 5 nitrogen and oxygen atoms in total. The molecule has 1 saturated heterocycles. The third-order valence-electron chi connectivity index (χ3n) is 2.95. The zero-order chi connectivity index (χ0) is 13.9. The van der Waals surface area contributed by atoms with Crippen LogP contribution in [0.15, 0.2) is 0 Å². The van der Waals surface area contributed by atoms with E-state index in [9.17, 15) is 4.79 Å². The van der Waals surface area contributed by atoms with Gasteiger partial charge in [-0.1, -0.05) is 39.0 Å². The smallest absolute Gasteiger partial charge is 0.318 e. The molecule has 1 aliphatic rings. The Balaban J connectivity index is 1.93. The molecule has 1 heterocycles. The second kappa shape index (κ2) is 10.2. The molecule has 19 heavy (non-hydrogen) atoms. The summed E-state index contributed by atoms with van der Waals surface area (Å²) in [5.74, 6) is -0.406. The van der Waals surface area contributed by atoms with Gasteiger partial charge in [0.05, 0.1) is 13.2 Å². The number of hydrogen-bond donors (Lipinski definition) is 0. The van der Waals surface area contributed by atoms with Crippen LogP contribution in [0.4, 0.5) is 0 Å². The molecule has 1 fully saturated rings. The van der Waals surface area contributed by atoms with Crippen LogP contribution in [0.25, 0.3) is 0 Å². The molecule has 1 rings (SSSR count). The number of esters is 1. The van der Waals surface area contributed by atoms with Crippen LogP contribution in [0.1, 0.15) is 52.4 Å². The van der Waals surface area contributed by atoms with Crippen LogP contribution in [0.2, 0.25) is 0 Å². The van der Waals surface area contributed by atoms with E-state index in [0.29, 0.717) is 13.2 Å². The number of hydrogen-bond acceptors (Lipinski definition) is 5. The number of rotatable bonds is 9. The largest absolute Gasteiger partial charge is 0.410 e. The summed E-state index contributed by atoms with van der Waals surface area (Å²) >= 11 is 0. The Labute approximate surface area is 115 Å². The number of carbonyl (C=O) groups excluding carboxylic acids is 1. The minimum atomic E-state index is -0.869. The van der Waals surface area contributed by atoms with Crippen LogP contribution in [-0.2, 0) is 23.7 Å². The maximum Gasteiger partial charge on any atom is 0.318 e. The number of ether oxygens (including phenoxy) is 4. The summed E-state index contributed by atoms with van der Waals surface area (Å²) in [5.41, 5.74) is 0. The van der Waals surface area contributed by atoms with E-state index in [2.05, 4.69) is 6.92 Å². The van der Waals surface area contributed by atoms with Gasteiger partial charge in [0.1, 0.15) is 6.10 Å². The average molecular weight is 274 g/mol. The molecule has 0 spiro atoms. The molecule has 0 aliphatic carbocycles. The summed E-state index contributed by atoms with van der Waals surface area (Å²) in [6, 6.07) is 0. The molecular formula is C14H26O5. The summed E-state index contributed by atoms with van der Waals surface area (Å²) < 4.78 is 20.9. The van der Waals surface area contributed by atoms with Crippen molar-refractivity contribution < 1.29 is 23.7 Å². The standard InChI is InChI=1S/C14H26O5/c1-3-4-5-6-7-8-9-16-13-10-17-14(18-11-13)19-12(2)15/h13-14H,3-11H2,1-2H3. The fraction of sp³-hybridized carbons (Fsp3) is 0.929. The molecule has 0 amide bonds. The molecule has 5 heteroatoms. The monoisotopic (exact) mass is 274 g/mol. The van der Waals surface area contributed by atoms with Crippen LogP contribution >= 0.6 is 0 Å². The highest BCUT2D eigenvalue weighted by Gasteiger charge is 2.24. The van der Waals surface area contributed by atoms with Crippen molar-refractivity contribution in [3.8, 4) is 0 Å². The Morgan fingerprint density at radius 1 is 1.11 bits per heavy atom. The van der Waals surface area contributed by atoms with Crippen LogP contribution in [-0.4, -0.2) is 38.4 Å². The van der Waals surface area contributed by atoms with Crippen molar-refractivity contribution in [3.05, 3.63) is 0 Å². The van der Waals surface area contributed by atoms with Crippen LogP contribution < -0.4 is 0 Å². The normalized spacial score (nSPS) is 23.3. The van der Waals surface area contributed by atoms with Crippen LogP contribution in [0.5, 0.6) is 0 Å². The van der Waals surface area contributed by atoms with Gasteiger partial charge < -0.3 is 18.9 Å². The second-order valence-electron chi connectivity index (χ2n) is 4.83. The van der Waals surface area contributed by atoms with E-state index >= 15 is 0 Å². The Kier molecular flexibility index (Phi) is 8.79. The van der Waals surface area contributed by atoms with E-state index in [4.69, 9.17) is 18.9 Å². The first kappa shape index (κ1) is 16.4. The molecule has 0 saturated carbocycles. The van der Waals surface area contributed by atoms with Gasteiger partial charge in [0.15, 0.2) is 0 Å². The molecule has 0 aromatic carbocycles. The SMILES string of the molecule is CCCCCCCCOC1COC(OC(C)=O)OC1. The van der Waals surface area contributed by atoms with E-state index in [1.807, 2.05) is 0 Å². The van der Waals surface area contributed by atoms with Crippen molar-refractivity contribution in [2.45, 2.75) is 65.0 Å². The predicted molar refractivity (Wildman–Crippen MR) is 70.6 cm³/mol. The molecule has 0 unspecified atom stereocenters. The average Bonchev–Trinajstić information content (AvgIpc) is 2.39. The maximum atomic E-state index is 10.7. The zero-order valence-corrected chi connectivity index (χ0v) is 12.1. The van der Waals surface area contributed by atoms with Crippen molar-refractivity contribution in [2.75, 3.05) is 19.8 Å².